The third-order valence-electron chi connectivity index (χ3n) is 5.81. The van der Waals surface area contributed by atoms with Crippen LogP contribution in [-0.2, 0) is 19.7 Å². The van der Waals surface area contributed by atoms with Crippen LogP contribution in [0.4, 0.5) is 4.39 Å². The summed E-state index contributed by atoms with van der Waals surface area (Å²) in [6.45, 7) is 0.495. The van der Waals surface area contributed by atoms with Crippen LogP contribution in [-0.4, -0.2) is 14.9 Å². The van der Waals surface area contributed by atoms with Crippen LogP contribution in [0.1, 0.15) is 26.4 Å². The first-order valence-corrected chi connectivity index (χ1v) is 12.4. The molecule has 3 aromatic heterocycles. The Morgan fingerprint density at radius 1 is 0.946 bits per heavy atom. The van der Waals surface area contributed by atoms with E-state index in [1.54, 1.807) is 24.5 Å². The number of carbonyl (C=O) groups is 1. The Kier molecular flexibility index (Phi) is 6.96. The number of nitrogens with one attached hydrogen (secondary N) is 1. The molecule has 7 nitrogen and oxygen atoms in total. The van der Waals surface area contributed by atoms with Crippen LogP contribution in [0.25, 0.3) is 5.52 Å². The summed E-state index contributed by atoms with van der Waals surface area (Å²) >= 11 is 1.52. The van der Waals surface area contributed by atoms with Gasteiger partial charge in [0, 0.05) is 30.0 Å². The van der Waals surface area contributed by atoms with E-state index in [9.17, 15) is 18.8 Å². The van der Waals surface area contributed by atoms with Crippen LogP contribution in [0, 0.1) is 5.82 Å². The fourth-order valence-corrected chi connectivity index (χ4v) is 4.59. The number of amides is 1. The predicted molar refractivity (Wildman–Crippen MR) is 140 cm³/mol. The molecule has 0 saturated heterocycles. The standard InChI is InChI=1S/C28H22FN3O4S/c29-21-10-8-19(9-11-21)15-30-27(34)23-17-31-12-13-32(16-22-7-4-14-37-22)28(35)24(31)26(25(23)33)36-18-20-5-2-1-3-6-20/h1-14,17H,15-16,18H2,(H,30,34). The van der Waals surface area contributed by atoms with E-state index in [-0.39, 0.29) is 35.8 Å². The van der Waals surface area contributed by atoms with Gasteiger partial charge in [-0.05, 0) is 34.7 Å². The lowest BCUT2D eigenvalue weighted by Crippen LogP contribution is -2.32. The fraction of sp³-hybridized carbons (Fsp3) is 0.107. The first kappa shape index (κ1) is 24.2. The Morgan fingerprint density at radius 3 is 2.46 bits per heavy atom. The minimum Gasteiger partial charge on any atom is -0.483 e. The fourth-order valence-electron chi connectivity index (χ4n) is 3.89. The van der Waals surface area contributed by atoms with E-state index in [4.69, 9.17) is 4.74 Å². The number of aromatic nitrogens is 2. The minimum absolute atomic E-state index is 0.0473. The van der Waals surface area contributed by atoms with E-state index in [0.29, 0.717) is 12.1 Å². The van der Waals surface area contributed by atoms with Crippen molar-refractivity contribution in [2.45, 2.75) is 19.7 Å². The average Bonchev–Trinajstić information content (AvgIpc) is 3.43. The van der Waals surface area contributed by atoms with Crippen molar-refractivity contribution in [3.05, 3.63) is 139 Å². The molecule has 1 N–H and O–H groups in total. The lowest BCUT2D eigenvalue weighted by atomic mass is 10.2. The Morgan fingerprint density at radius 2 is 1.73 bits per heavy atom. The first-order valence-electron chi connectivity index (χ1n) is 11.5. The average molecular weight is 516 g/mol. The topological polar surface area (TPSA) is 81.8 Å². The molecule has 0 spiro atoms. The van der Waals surface area contributed by atoms with E-state index in [2.05, 4.69) is 5.32 Å². The smallest absolute Gasteiger partial charge is 0.279 e. The summed E-state index contributed by atoms with van der Waals surface area (Å²) in [5, 5.41) is 4.61. The third-order valence-corrected chi connectivity index (χ3v) is 6.67. The zero-order chi connectivity index (χ0) is 25.8. The second-order valence-electron chi connectivity index (χ2n) is 8.35. The highest BCUT2D eigenvalue weighted by molar-refractivity contribution is 7.09. The molecule has 1 amide bonds. The molecule has 0 aliphatic heterocycles. The van der Waals surface area contributed by atoms with Crippen molar-refractivity contribution >= 4 is 22.8 Å². The van der Waals surface area contributed by atoms with Gasteiger partial charge in [0.15, 0.2) is 11.3 Å². The van der Waals surface area contributed by atoms with Gasteiger partial charge >= 0.3 is 0 Å². The van der Waals surface area contributed by atoms with Gasteiger partial charge in [-0.1, -0.05) is 48.5 Å². The van der Waals surface area contributed by atoms with E-state index < -0.39 is 16.9 Å². The molecule has 5 rings (SSSR count). The Bertz CT molecular complexity index is 1660. The number of hydrogen-bond donors (Lipinski definition) is 1. The van der Waals surface area contributed by atoms with Gasteiger partial charge in [0.05, 0.1) is 6.54 Å². The second kappa shape index (κ2) is 10.6. The monoisotopic (exact) mass is 515 g/mol. The molecule has 0 radical (unpaired) electrons. The lowest BCUT2D eigenvalue weighted by molar-refractivity contribution is 0.0948. The van der Waals surface area contributed by atoms with Crippen LogP contribution in [0.2, 0.25) is 0 Å². The summed E-state index contributed by atoms with van der Waals surface area (Å²) in [6, 6.07) is 18.8. The van der Waals surface area contributed by atoms with Crippen molar-refractivity contribution in [1.82, 2.24) is 14.3 Å². The normalized spacial score (nSPS) is 10.9. The second-order valence-corrected chi connectivity index (χ2v) is 9.38. The molecule has 0 bridgehead atoms. The number of pyridine rings is 1. The van der Waals surface area contributed by atoms with E-state index >= 15 is 0 Å². The zero-order valence-corrected chi connectivity index (χ0v) is 20.4. The summed E-state index contributed by atoms with van der Waals surface area (Å²) < 4.78 is 22.0. The van der Waals surface area contributed by atoms with Crippen LogP contribution in [0.3, 0.4) is 0 Å². The van der Waals surface area contributed by atoms with Gasteiger partial charge in [-0.25, -0.2) is 4.39 Å². The quantitative estimate of drug-likeness (QED) is 0.336. The molecule has 0 atom stereocenters. The maximum atomic E-state index is 13.5. The summed E-state index contributed by atoms with van der Waals surface area (Å²) in [5.41, 5.74) is 0.273. The van der Waals surface area contributed by atoms with Crippen molar-refractivity contribution in [2.24, 2.45) is 0 Å². The van der Waals surface area contributed by atoms with Gasteiger partial charge in [0.25, 0.3) is 11.5 Å². The number of rotatable bonds is 8. The summed E-state index contributed by atoms with van der Waals surface area (Å²) in [7, 11) is 0. The van der Waals surface area contributed by atoms with Gasteiger partial charge < -0.3 is 19.0 Å². The Labute approximate surface area is 215 Å². The molecule has 37 heavy (non-hydrogen) atoms. The van der Waals surface area contributed by atoms with Crippen molar-refractivity contribution in [3.8, 4) is 5.75 Å². The number of thiophene rings is 1. The summed E-state index contributed by atoms with van der Waals surface area (Å²) in [6.07, 6.45) is 4.57. The molecular formula is C28H22FN3O4S. The van der Waals surface area contributed by atoms with Crippen molar-refractivity contribution in [3.63, 3.8) is 0 Å². The van der Waals surface area contributed by atoms with Gasteiger partial charge in [0.2, 0.25) is 5.43 Å². The molecule has 2 aromatic carbocycles. The van der Waals surface area contributed by atoms with E-state index in [1.807, 2.05) is 47.8 Å². The highest BCUT2D eigenvalue weighted by Crippen LogP contribution is 2.17. The number of halogens is 1. The lowest BCUT2D eigenvalue weighted by Gasteiger charge is -2.14. The molecule has 0 fully saturated rings. The highest BCUT2D eigenvalue weighted by atomic mass is 32.1. The number of benzene rings is 2. The molecular weight excluding hydrogens is 493 g/mol. The molecule has 9 heteroatoms. The first-order chi connectivity index (χ1) is 18.0. The maximum Gasteiger partial charge on any atom is 0.279 e. The summed E-state index contributed by atoms with van der Waals surface area (Å²) in [4.78, 5) is 40.9. The number of nitrogens with zero attached hydrogens (tertiary/aromatic N) is 2. The van der Waals surface area contributed by atoms with Crippen molar-refractivity contribution in [1.29, 1.82) is 0 Å². The van der Waals surface area contributed by atoms with Crippen molar-refractivity contribution in [2.75, 3.05) is 0 Å². The van der Waals surface area contributed by atoms with Gasteiger partial charge in [-0.3, -0.25) is 14.4 Å². The summed E-state index contributed by atoms with van der Waals surface area (Å²) in [5.74, 6) is -1.20. The zero-order valence-electron chi connectivity index (χ0n) is 19.6. The third kappa shape index (κ3) is 5.36. The SMILES string of the molecule is O=C(NCc1ccc(F)cc1)c1cn2ccn(Cc3cccs3)c(=O)c2c(OCc2ccccc2)c1=O. The molecule has 0 aliphatic rings. The van der Waals surface area contributed by atoms with Crippen LogP contribution in [0.5, 0.6) is 5.75 Å². The Hall–Kier alpha value is -4.50. The molecule has 3 heterocycles. The van der Waals surface area contributed by atoms with Crippen LogP contribution < -0.4 is 21.0 Å². The maximum absolute atomic E-state index is 13.5. The number of ether oxygens (including phenoxy) is 1. The predicted octanol–water partition coefficient (Wildman–Crippen LogP) is 4.22. The largest absolute Gasteiger partial charge is 0.483 e. The Balaban J connectivity index is 1.53. The molecule has 186 valence electrons. The van der Waals surface area contributed by atoms with Gasteiger partial charge in [0.1, 0.15) is 18.0 Å². The van der Waals surface area contributed by atoms with Crippen LogP contribution in [0.15, 0.2) is 100 Å². The molecule has 0 unspecified atom stereocenters. The molecule has 5 aromatic rings. The molecule has 0 saturated carbocycles. The van der Waals surface area contributed by atoms with E-state index in [1.165, 1.54) is 38.6 Å². The van der Waals surface area contributed by atoms with Gasteiger partial charge in [-0.2, -0.15) is 0 Å². The highest BCUT2D eigenvalue weighted by Gasteiger charge is 2.21. The van der Waals surface area contributed by atoms with Crippen LogP contribution >= 0.6 is 11.3 Å². The van der Waals surface area contributed by atoms with E-state index in [0.717, 1.165) is 10.4 Å². The number of carbonyl (C=O) groups excluding carboxylic acids is 1. The van der Waals surface area contributed by atoms with Crippen molar-refractivity contribution < 1.29 is 13.9 Å². The number of fused-ring (bicyclic) bond motifs is 1. The van der Waals surface area contributed by atoms with Gasteiger partial charge in [-0.15, -0.1) is 11.3 Å². The molecule has 0 aliphatic carbocycles. The number of hydrogen-bond acceptors (Lipinski definition) is 5. The minimum atomic E-state index is -0.682.